The van der Waals surface area contributed by atoms with Crippen molar-refractivity contribution in [2.24, 2.45) is 0 Å². The summed E-state index contributed by atoms with van der Waals surface area (Å²) in [6, 6.07) is 11.7. The Hall–Kier alpha value is -2.58. The number of methoxy groups -OCH3 is 1. The summed E-state index contributed by atoms with van der Waals surface area (Å²) in [7, 11) is -2.42. The molecule has 1 amide bonds. The summed E-state index contributed by atoms with van der Waals surface area (Å²) >= 11 is 0. The van der Waals surface area contributed by atoms with E-state index in [1.54, 1.807) is 43.3 Å². The van der Waals surface area contributed by atoms with Gasteiger partial charge < -0.3 is 9.64 Å². The summed E-state index contributed by atoms with van der Waals surface area (Å²) in [5.41, 5.74) is 1.34. The predicted molar refractivity (Wildman–Crippen MR) is 127 cm³/mol. The van der Waals surface area contributed by atoms with E-state index in [0.717, 1.165) is 19.5 Å². The Morgan fingerprint density at radius 2 is 1.75 bits per heavy atom. The zero-order chi connectivity index (χ0) is 23.5. The number of amides is 1. The highest BCUT2D eigenvalue weighted by atomic mass is 32.2. The highest BCUT2D eigenvalue weighted by Gasteiger charge is 2.27. The normalized spacial score (nSPS) is 15.8. The molecule has 1 aliphatic rings. The van der Waals surface area contributed by atoms with Crippen molar-refractivity contribution in [3.63, 3.8) is 0 Å². The second-order valence-electron chi connectivity index (χ2n) is 9.09. The highest BCUT2D eigenvalue weighted by molar-refractivity contribution is 7.92. The van der Waals surface area contributed by atoms with Crippen LogP contribution >= 0.6 is 0 Å². The topological polar surface area (TPSA) is 78.9 Å². The molecule has 3 rings (SSSR count). The molecule has 0 unspecified atom stereocenters. The molecule has 2 aromatic rings. The number of para-hydroxylation sites is 2. The molecule has 1 fully saturated rings. The molecule has 0 atom stereocenters. The van der Waals surface area contributed by atoms with Gasteiger partial charge in [0, 0.05) is 37.3 Å². The monoisotopic (exact) mass is 459 g/mol. The molecule has 32 heavy (non-hydrogen) atoms. The summed E-state index contributed by atoms with van der Waals surface area (Å²) in [6.45, 7) is 11.2. The Balaban J connectivity index is 1.84. The van der Waals surface area contributed by atoms with E-state index >= 15 is 0 Å². The van der Waals surface area contributed by atoms with Gasteiger partial charge in [-0.05, 0) is 63.9 Å². The average Bonchev–Trinajstić information content (AvgIpc) is 3.00. The molecule has 0 aromatic heterocycles. The molecule has 1 N–H and O–H groups in total. The smallest absolute Gasteiger partial charge is 0.262 e. The lowest BCUT2D eigenvalue weighted by Gasteiger charge is -2.34. The summed E-state index contributed by atoms with van der Waals surface area (Å²) in [5, 5.41) is 0. The molecular formula is C24H33N3O4S. The predicted octanol–water partition coefficient (Wildman–Crippen LogP) is 3.75. The van der Waals surface area contributed by atoms with E-state index in [4.69, 9.17) is 4.74 Å². The summed E-state index contributed by atoms with van der Waals surface area (Å²) in [5.74, 6) is 0.281. The van der Waals surface area contributed by atoms with E-state index in [0.29, 0.717) is 35.7 Å². The van der Waals surface area contributed by atoms with E-state index < -0.39 is 10.0 Å². The van der Waals surface area contributed by atoms with Crippen LogP contribution in [0.25, 0.3) is 0 Å². The maximum atomic E-state index is 13.2. The number of hydrogen-bond acceptors (Lipinski definition) is 5. The molecule has 174 valence electrons. The van der Waals surface area contributed by atoms with Gasteiger partial charge in [0.25, 0.3) is 15.9 Å². The molecule has 0 aliphatic carbocycles. The number of carbonyl (C=O) groups excluding carboxylic acids is 1. The first-order valence-corrected chi connectivity index (χ1v) is 12.3. The van der Waals surface area contributed by atoms with E-state index in [1.807, 2.05) is 4.90 Å². The molecule has 7 nitrogen and oxygen atoms in total. The van der Waals surface area contributed by atoms with Gasteiger partial charge in [-0.15, -0.1) is 0 Å². The fourth-order valence-corrected chi connectivity index (χ4v) is 5.27. The number of rotatable bonds is 5. The molecule has 0 saturated carbocycles. The van der Waals surface area contributed by atoms with E-state index in [9.17, 15) is 13.2 Å². The Morgan fingerprint density at radius 1 is 1.03 bits per heavy atom. The van der Waals surface area contributed by atoms with Gasteiger partial charge in [0.15, 0.2) is 0 Å². The van der Waals surface area contributed by atoms with Crippen LogP contribution in [0.5, 0.6) is 5.75 Å². The highest BCUT2D eigenvalue weighted by Crippen LogP contribution is 2.28. The molecule has 1 heterocycles. The maximum Gasteiger partial charge on any atom is 0.262 e. The zero-order valence-electron chi connectivity index (χ0n) is 19.5. The van der Waals surface area contributed by atoms with Crippen molar-refractivity contribution in [2.45, 2.75) is 44.6 Å². The number of anilines is 1. The number of benzene rings is 2. The summed E-state index contributed by atoms with van der Waals surface area (Å²) in [4.78, 5) is 17.5. The molecule has 0 radical (unpaired) electrons. The van der Waals surface area contributed by atoms with Gasteiger partial charge in [-0.2, -0.15) is 0 Å². The quantitative estimate of drug-likeness (QED) is 0.737. The van der Waals surface area contributed by atoms with Gasteiger partial charge in [-0.3, -0.25) is 14.4 Å². The van der Waals surface area contributed by atoms with Crippen LogP contribution in [-0.4, -0.2) is 63.0 Å². The molecule has 1 aliphatic heterocycles. The summed E-state index contributed by atoms with van der Waals surface area (Å²) < 4.78 is 34.1. The van der Waals surface area contributed by atoms with Gasteiger partial charge in [0.2, 0.25) is 0 Å². The van der Waals surface area contributed by atoms with Crippen LogP contribution < -0.4 is 9.46 Å². The van der Waals surface area contributed by atoms with Crippen LogP contribution in [0.2, 0.25) is 0 Å². The number of sulfonamides is 1. The van der Waals surface area contributed by atoms with Crippen molar-refractivity contribution >= 4 is 21.6 Å². The van der Waals surface area contributed by atoms with Crippen molar-refractivity contribution in [3.05, 3.63) is 53.6 Å². The third-order valence-electron chi connectivity index (χ3n) is 5.81. The van der Waals surface area contributed by atoms with E-state index in [1.165, 1.54) is 13.2 Å². The molecule has 8 heteroatoms. The molecule has 2 aromatic carbocycles. The molecular weight excluding hydrogens is 426 g/mol. The van der Waals surface area contributed by atoms with E-state index in [-0.39, 0.29) is 16.3 Å². The Labute approximate surface area is 191 Å². The number of nitrogens with one attached hydrogen (secondary N) is 1. The standard InChI is InChI=1S/C24H33N3O4S/c1-18-11-12-19(23(28)26-13-8-14-27(16-15-26)24(2,3)4)17-22(18)32(29,30)25-20-9-6-7-10-21(20)31-5/h6-7,9-12,17,25H,8,13-16H2,1-5H3. The van der Waals surface area contributed by atoms with Crippen molar-refractivity contribution < 1.29 is 17.9 Å². The van der Waals surface area contributed by atoms with Crippen LogP contribution in [0, 0.1) is 6.92 Å². The van der Waals surface area contributed by atoms with Gasteiger partial charge in [0.1, 0.15) is 5.75 Å². The van der Waals surface area contributed by atoms with Gasteiger partial charge in [-0.25, -0.2) is 8.42 Å². The Kier molecular flexibility index (Phi) is 7.15. The molecule has 0 spiro atoms. The van der Waals surface area contributed by atoms with Crippen LogP contribution in [0.1, 0.15) is 43.1 Å². The molecule has 0 bridgehead atoms. The average molecular weight is 460 g/mol. The minimum atomic E-state index is -3.91. The van der Waals surface area contributed by atoms with Crippen LogP contribution in [0.3, 0.4) is 0 Å². The SMILES string of the molecule is COc1ccccc1NS(=O)(=O)c1cc(C(=O)N2CCCN(C(C)(C)C)CC2)ccc1C. The first-order valence-electron chi connectivity index (χ1n) is 10.8. The second kappa shape index (κ2) is 9.50. The number of nitrogens with zero attached hydrogens (tertiary/aromatic N) is 2. The molecule has 1 saturated heterocycles. The third kappa shape index (κ3) is 5.42. The van der Waals surface area contributed by atoms with Crippen molar-refractivity contribution in [3.8, 4) is 5.75 Å². The maximum absolute atomic E-state index is 13.2. The van der Waals surface area contributed by atoms with Crippen LogP contribution in [0.15, 0.2) is 47.4 Å². The van der Waals surface area contributed by atoms with Gasteiger partial charge >= 0.3 is 0 Å². The van der Waals surface area contributed by atoms with Crippen LogP contribution in [-0.2, 0) is 10.0 Å². The number of carbonyl (C=O) groups is 1. The Morgan fingerprint density at radius 3 is 2.44 bits per heavy atom. The lowest BCUT2D eigenvalue weighted by atomic mass is 10.1. The van der Waals surface area contributed by atoms with Gasteiger partial charge in [-0.1, -0.05) is 18.2 Å². The number of hydrogen-bond donors (Lipinski definition) is 1. The van der Waals surface area contributed by atoms with Crippen molar-refractivity contribution in [1.82, 2.24) is 9.80 Å². The fraction of sp³-hybridized carbons (Fsp3) is 0.458. The lowest BCUT2D eigenvalue weighted by molar-refractivity contribution is 0.0749. The largest absolute Gasteiger partial charge is 0.495 e. The van der Waals surface area contributed by atoms with Crippen LogP contribution in [0.4, 0.5) is 5.69 Å². The zero-order valence-corrected chi connectivity index (χ0v) is 20.3. The van der Waals surface area contributed by atoms with Crippen molar-refractivity contribution in [2.75, 3.05) is 38.0 Å². The first-order chi connectivity index (χ1) is 15.0. The first kappa shape index (κ1) is 24.1. The number of aryl methyl sites for hydroxylation is 1. The lowest BCUT2D eigenvalue weighted by Crippen LogP contribution is -2.44. The van der Waals surface area contributed by atoms with Crippen molar-refractivity contribution in [1.29, 1.82) is 0 Å². The van der Waals surface area contributed by atoms with E-state index in [2.05, 4.69) is 30.4 Å². The third-order valence-corrected chi connectivity index (χ3v) is 7.32. The Bertz CT molecular complexity index is 1080. The minimum Gasteiger partial charge on any atom is -0.495 e. The minimum absolute atomic E-state index is 0.0499. The number of ether oxygens (including phenoxy) is 1. The van der Waals surface area contributed by atoms with Gasteiger partial charge in [0.05, 0.1) is 17.7 Å². The fourth-order valence-electron chi connectivity index (χ4n) is 3.93. The second-order valence-corrected chi connectivity index (χ2v) is 10.7. The summed E-state index contributed by atoms with van der Waals surface area (Å²) in [6.07, 6.45) is 0.884.